The summed E-state index contributed by atoms with van der Waals surface area (Å²) in [5.74, 6) is -1.39. The van der Waals surface area contributed by atoms with Crippen molar-refractivity contribution in [2.24, 2.45) is 5.92 Å². The van der Waals surface area contributed by atoms with Crippen molar-refractivity contribution in [2.75, 3.05) is 13.1 Å². The minimum atomic E-state index is -4.52. The first-order chi connectivity index (χ1) is 16.6. The molecule has 1 aliphatic rings. The normalized spacial score (nSPS) is 17.9. The standard InChI is InChI=1S/C25H27F3N2O5/c26-25(27,28)19-4-1-3-18(15-19)23(32)30-14-2-13-29-22(31)16-5-9-20(10-6-16)35-21-11-7-17(8-12-21)24(33)34/h1,3-6,9-10,15,17,21H,2,7-8,11-14H2,(H,29,31)(H,30,32)(H,33,34). The van der Waals surface area contributed by atoms with Crippen molar-refractivity contribution >= 4 is 17.8 Å². The molecule has 10 heteroatoms. The van der Waals surface area contributed by atoms with E-state index in [1.807, 2.05) is 0 Å². The molecule has 0 aromatic heterocycles. The molecule has 2 aromatic rings. The van der Waals surface area contributed by atoms with Gasteiger partial charge >= 0.3 is 12.1 Å². The number of carbonyl (C=O) groups is 3. The van der Waals surface area contributed by atoms with E-state index in [1.54, 1.807) is 24.3 Å². The van der Waals surface area contributed by atoms with Crippen LogP contribution in [0.15, 0.2) is 48.5 Å². The van der Waals surface area contributed by atoms with Gasteiger partial charge in [-0.05, 0) is 74.6 Å². The molecule has 1 saturated carbocycles. The average Bonchev–Trinajstić information content (AvgIpc) is 2.84. The second-order valence-electron chi connectivity index (χ2n) is 8.40. The SMILES string of the molecule is O=C(NCCCNC(=O)c1cccc(C(F)(F)F)c1)c1ccc(OC2CCC(C(=O)O)CC2)cc1. The van der Waals surface area contributed by atoms with Crippen molar-refractivity contribution < 1.29 is 37.4 Å². The lowest BCUT2D eigenvalue weighted by molar-refractivity contribution is -0.143. The van der Waals surface area contributed by atoms with Crippen molar-refractivity contribution in [1.82, 2.24) is 10.6 Å². The van der Waals surface area contributed by atoms with Crippen LogP contribution in [0.3, 0.4) is 0 Å². The maximum atomic E-state index is 12.8. The first kappa shape index (κ1) is 26.1. The number of amides is 2. The molecule has 35 heavy (non-hydrogen) atoms. The van der Waals surface area contributed by atoms with E-state index < -0.39 is 23.6 Å². The minimum absolute atomic E-state index is 0.0450. The Kier molecular flexibility index (Phi) is 8.73. The first-order valence-electron chi connectivity index (χ1n) is 11.4. The maximum absolute atomic E-state index is 12.8. The summed E-state index contributed by atoms with van der Waals surface area (Å²) in [6.45, 7) is 0.457. The van der Waals surface area contributed by atoms with Gasteiger partial charge in [0.1, 0.15) is 5.75 Å². The van der Waals surface area contributed by atoms with Crippen molar-refractivity contribution in [1.29, 1.82) is 0 Å². The maximum Gasteiger partial charge on any atom is 0.416 e. The molecule has 7 nitrogen and oxygen atoms in total. The lowest BCUT2D eigenvalue weighted by Gasteiger charge is -2.26. The molecule has 3 rings (SSSR count). The number of alkyl halides is 3. The fraction of sp³-hybridized carbons (Fsp3) is 0.400. The van der Waals surface area contributed by atoms with Crippen molar-refractivity contribution in [3.63, 3.8) is 0 Å². The van der Waals surface area contributed by atoms with Gasteiger partial charge in [-0.2, -0.15) is 13.2 Å². The molecule has 0 heterocycles. The third-order valence-corrected chi connectivity index (χ3v) is 5.82. The Morgan fingerprint density at radius 3 is 2.06 bits per heavy atom. The van der Waals surface area contributed by atoms with E-state index in [-0.39, 0.29) is 36.6 Å². The van der Waals surface area contributed by atoms with Crippen LogP contribution in [0, 0.1) is 5.92 Å². The van der Waals surface area contributed by atoms with E-state index in [0.717, 1.165) is 12.1 Å². The number of aliphatic carboxylic acids is 1. The predicted molar refractivity (Wildman–Crippen MR) is 121 cm³/mol. The van der Waals surface area contributed by atoms with Crippen molar-refractivity contribution in [2.45, 2.75) is 44.4 Å². The second-order valence-corrected chi connectivity index (χ2v) is 8.40. The lowest BCUT2D eigenvalue weighted by atomic mass is 9.87. The highest BCUT2D eigenvalue weighted by Crippen LogP contribution is 2.30. The van der Waals surface area contributed by atoms with Crippen LogP contribution in [0.4, 0.5) is 13.2 Å². The summed E-state index contributed by atoms with van der Waals surface area (Å²) < 4.78 is 44.2. The number of hydrogen-bond acceptors (Lipinski definition) is 4. The summed E-state index contributed by atoms with van der Waals surface area (Å²) in [6, 6.07) is 10.8. The first-order valence-corrected chi connectivity index (χ1v) is 11.4. The molecule has 2 amide bonds. The summed E-state index contributed by atoms with van der Waals surface area (Å²) >= 11 is 0. The Balaban J connectivity index is 1.36. The molecular formula is C25H27F3N2O5. The summed E-state index contributed by atoms with van der Waals surface area (Å²) in [5, 5.41) is 14.3. The Bertz CT molecular complexity index is 1030. The number of nitrogens with one attached hydrogen (secondary N) is 2. The zero-order valence-corrected chi connectivity index (χ0v) is 18.9. The lowest BCUT2D eigenvalue weighted by Crippen LogP contribution is -2.30. The zero-order valence-electron chi connectivity index (χ0n) is 18.9. The molecule has 2 aromatic carbocycles. The van der Waals surface area contributed by atoms with E-state index in [4.69, 9.17) is 9.84 Å². The second kappa shape index (κ2) is 11.7. The summed E-state index contributed by atoms with van der Waals surface area (Å²) in [5.41, 5.74) is -0.541. The summed E-state index contributed by atoms with van der Waals surface area (Å²) in [7, 11) is 0. The van der Waals surface area contributed by atoms with Gasteiger partial charge in [-0.15, -0.1) is 0 Å². The van der Waals surface area contributed by atoms with Crippen LogP contribution < -0.4 is 15.4 Å². The van der Waals surface area contributed by atoms with E-state index >= 15 is 0 Å². The average molecular weight is 492 g/mol. The molecule has 0 atom stereocenters. The number of halogens is 3. The molecule has 1 aliphatic carbocycles. The number of carboxylic acid groups (broad SMARTS) is 1. The Labute approximate surface area is 200 Å². The van der Waals surface area contributed by atoms with E-state index in [1.165, 1.54) is 12.1 Å². The quantitative estimate of drug-likeness (QED) is 0.454. The molecule has 0 aliphatic heterocycles. The van der Waals surface area contributed by atoms with Gasteiger partial charge in [-0.1, -0.05) is 6.07 Å². The largest absolute Gasteiger partial charge is 0.490 e. The molecule has 1 fully saturated rings. The van der Waals surface area contributed by atoms with Gasteiger partial charge < -0.3 is 20.5 Å². The molecule has 0 radical (unpaired) electrons. The highest BCUT2D eigenvalue weighted by atomic mass is 19.4. The van der Waals surface area contributed by atoms with Crippen LogP contribution >= 0.6 is 0 Å². The molecule has 3 N–H and O–H groups in total. The summed E-state index contributed by atoms with van der Waals surface area (Å²) in [6.07, 6.45) is -1.66. The number of carbonyl (C=O) groups excluding carboxylic acids is 2. The van der Waals surface area contributed by atoms with E-state index in [9.17, 15) is 27.6 Å². The molecule has 188 valence electrons. The molecule has 0 unspecified atom stereocenters. The fourth-order valence-electron chi connectivity index (χ4n) is 3.84. The Morgan fingerprint density at radius 2 is 1.49 bits per heavy atom. The van der Waals surface area contributed by atoms with Gasteiger partial charge in [0.2, 0.25) is 0 Å². The summed E-state index contributed by atoms with van der Waals surface area (Å²) in [4.78, 5) is 35.4. The molecule has 0 bridgehead atoms. The van der Waals surface area contributed by atoms with Crippen LogP contribution in [0.1, 0.15) is 58.4 Å². The fourth-order valence-corrected chi connectivity index (χ4v) is 3.84. The number of rotatable bonds is 9. The topological polar surface area (TPSA) is 105 Å². The highest BCUT2D eigenvalue weighted by Gasteiger charge is 2.31. The van der Waals surface area contributed by atoms with Crippen LogP contribution in [-0.2, 0) is 11.0 Å². The van der Waals surface area contributed by atoms with Crippen LogP contribution in [0.2, 0.25) is 0 Å². The van der Waals surface area contributed by atoms with E-state index in [0.29, 0.717) is 43.4 Å². The van der Waals surface area contributed by atoms with Crippen molar-refractivity contribution in [3.05, 3.63) is 65.2 Å². The van der Waals surface area contributed by atoms with Gasteiger partial charge in [0.25, 0.3) is 11.8 Å². The molecule has 0 saturated heterocycles. The number of benzene rings is 2. The third kappa shape index (κ3) is 7.73. The number of ether oxygens (including phenoxy) is 1. The van der Waals surface area contributed by atoms with Crippen LogP contribution in [-0.4, -0.2) is 42.1 Å². The Hall–Kier alpha value is -3.56. The monoisotopic (exact) mass is 492 g/mol. The molecular weight excluding hydrogens is 465 g/mol. The van der Waals surface area contributed by atoms with Gasteiger partial charge in [0.15, 0.2) is 0 Å². The predicted octanol–water partition coefficient (Wildman–Crippen LogP) is 4.28. The number of carboxylic acids is 1. The van der Waals surface area contributed by atoms with Crippen LogP contribution in [0.5, 0.6) is 5.75 Å². The van der Waals surface area contributed by atoms with Crippen LogP contribution in [0.25, 0.3) is 0 Å². The van der Waals surface area contributed by atoms with E-state index in [2.05, 4.69) is 10.6 Å². The van der Waals surface area contributed by atoms with Gasteiger partial charge in [-0.25, -0.2) is 0 Å². The number of hydrogen-bond donors (Lipinski definition) is 3. The minimum Gasteiger partial charge on any atom is -0.490 e. The Morgan fingerprint density at radius 1 is 0.886 bits per heavy atom. The van der Waals surface area contributed by atoms with Gasteiger partial charge in [0, 0.05) is 24.2 Å². The van der Waals surface area contributed by atoms with Crippen molar-refractivity contribution in [3.8, 4) is 5.75 Å². The molecule has 0 spiro atoms. The zero-order chi connectivity index (χ0) is 25.4. The third-order valence-electron chi connectivity index (χ3n) is 5.82. The highest BCUT2D eigenvalue weighted by molar-refractivity contribution is 5.95. The van der Waals surface area contributed by atoms with Gasteiger partial charge in [-0.3, -0.25) is 14.4 Å². The van der Waals surface area contributed by atoms with Gasteiger partial charge in [0.05, 0.1) is 17.6 Å². The smallest absolute Gasteiger partial charge is 0.416 e.